The van der Waals surface area contributed by atoms with Crippen molar-refractivity contribution in [2.75, 3.05) is 18.9 Å². The Kier molecular flexibility index (Phi) is 8.91. The van der Waals surface area contributed by atoms with Crippen LogP contribution < -0.4 is 5.32 Å². The van der Waals surface area contributed by atoms with Gasteiger partial charge in [0.1, 0.15) is 5.01 Å². The van der Waals surface area contributed by atoms with Crippen molar-refractivity contribution < 1.29 is 9.59 Å². The van der Waals surface area contributed by atoms with Gasteiger partial charge in [0, 0.05) is 19.0 Å². The number of carbonyl (C=O) groups is 2. The lowest BCUT2D eigenvalue weighted by molar-refractivity contribution is -0.116. The van der Waals surface area contributed by atoms with Crippen molar-refractivity contribution in [3.8, 4) is 0 Å². The number of benzene rings is 1. The van der Waals surface area contributed by atoms with Crippen LogP contribution in [0.4, 0.5) is 5.13 Å². The van der Waals surface area contributed by atoms with E-state index in [2.05, 4.69) is 22.4 Å². The van der Waals surface area contributed by atoms with Gasteiger partial charge in [0.2, 0.25) is 11.0 Å². The first-order valence-electron chi connectivity index (χ1n) is 9.53. The fraction of sp³-hybridized carbons (Fsp3) is 0.500. The first kappa shape index (κ1) is 21.0. The van der Waals surface area contributed by atoms with E-state index in [4.69, 9.17) is 0 Å². The van der Waals surface area contributed by atoms with Gasteiger partial charge in [-0.1, -0.05) is 68.6 Å². The van der Waals surface area contributed by atoms with Gasteiger partial charge in [0.25, 0.3) is 5.91 Å². The number of nitrogens with zero attached hydrogens (tertiary/aromatic N) is 3. The maximum atomic E-state index is 12.3. The van der Waals surface area contributed by atoms with E-state index in [1.807, 2.05) is 6.07 Å². The van der Waals surface area contributed by atoms with Gasteiger partial charge in [-0.25, -0.2) is 0 Å². The highest BCUT2D eigenvalue weighted by Gasteiger charge is 2.16. The Balaban J connectivity index is 1.72. The summed E-state index contributed by atoms with van der Waals surface area (Å²) in [5, 5.41) is 12.3. The van der Waals surface area contributed by atoms with Gasteiger partial charge >= 0.3 is 0 Å². The number of hydrogen-bond donors (Lipinski definition) is 1. The number of carbonyl (C=O) groups excluding carboxylic acids is 2. The largest absolute Gasteiger partial charge is 0.332 e. The molecule has 27 heavy (non-hydrogen) atoms. The maximum Gasteiger partial charge on any atom is 0.254 e. The number of aryl methyl sites for hydroxylation is 1. The minimum atomic E-state index is -0.274. The molecular weight excluding hydrogens is 360 g/mol. The van der Waals surface area contributed by atoms with Crippen LogP contribution in [0.5, 0.6) is 0 Å². The molecule has 1 heterocycles. The zero-order valence-corrected chi connectivity index (χ0v) is 16.9. The van der Waals surface area contributed by atoms with Gasteiger partial charge in [-0.2, -0.15) is 0 Å². The van der Waals surface area contributed by atoms with Gasteiger partial charge in [-0.3, -0.25) is 14.9 Å². The van der Waals surface area contributed by atoms with E-state index in [1.54, 1.807) is 31.3 Å². The lowest BCUT2D eigenvalue weighted by Gasteiger charge is -2.16. The molecule has 0 aliphatic heterocycles. The molecule has 0 radical (unpaired) electrons. The Bertz CT molecular complexity index is 718. The lowest BCUT2D eigenvalue weighted by Crippen LogP contribution is -2.34. The summed E-state index contributed by atoms with van der Waals surface area (Å²) < 4.78 is 0. The summed E-state index contributed by atoms with van der Waals surface area (Å²) in [6.07, 6.45) is 8.31. The lowest BCUT2D eigenvalue weighted by atomic mass is 10.1. The molecule has 2 aromatic rings. The second-order valence-electron chi connectivity index (χ2n) is 6.59. The molecule has 0 spiro atoms. The normalized spacial score (nSPS) is 10.6. The van der Waals surface area contributed by atoms with E-state index in [9.17, 15) is 9.59 Å². The summed E-state index contributed by atoms with van der Waals surface area (Å²) in [7, 11) is 1.61. The van der Waals surface area contributed by atoms with Crippen LogP contribution in [0, 0.1) is 0 Å². The van der Waals surface area contributed by atoms with Crippen LogP contribution in [0.3, 0.4) is 0 Å². The molecule has 0 saturated heterocycles. The first-order chi connectivity index (χ1) is 13.1. The standard InChI is InChI=1S/C20H28N4O2S/c1-3-4-5-6-7-11-14-18-22-23-20(27-18)21-17(25)15-24(2)19(26)16-12-9-8-10-13-16/h8-10,12-13H,3-7,11,14-15H2,1-2H3,(H,21,23,25). The number of nitrogens with one attached hydrogen (secondary N) is 1. The van der Waals surface area contributed by atoms with Crippen molar-refractivity contribution in [2.45, 2.75) is 51.9 Å². The van der Waals surface area contributed by atoms with Gasteiger partial charge in [0.15, 0.2) is 0 Å². The quantitative estimate of drug-likeness (QED) is 0.587. The molecule has 0 fully saturated rings. The highest BCUT2D eigenvalue weighted by molar-refractivity contribution is 7.15. The number of amides is 2. The molecule has 6 nitrogen and oxygen atoms in total. The Morgan fingerprint density at radius 3 is 2.48 bits per heavy atom. The van der Waals surface area contributed by atoms with E-state index in [0.29, 0.717) is 10.7 Å². The Labute approximate surface area is 165 Å². The average molecular weight is 389 g/mol. The zero-order valence-electron chi connectivity index (χ0n) is 16.1. The van der Waals surface area contributed by atoms with Gasteiger partial charge in [0.05, 0.1) is 6.54 Å². The first-order valence-corrected chi connectivity index (χ1v) is 10.3. The molecular formula is C20H28N4O2S. The second-order valence-corrected chi connectivity index (χ2v) is 7.66. The zero-order chi connectivity index (χ0) is 19.5. The summed E-state index contributed by atoms with van der Waals surface area (Å²) >= 11 is 1.40. The molecule has 0 aliphatic carbocycles. The highest BCUT2D eigenvalue weighted by atomic mass is 32.1. The van der Waals surface area contributed by atoms with Crippen LogP contribution in [0.15, 0.2) is 30.3 Å². The third-order valence-corrected chi connectivity index (χ3v) is 5.10. The summed E-state index contributed by atoms with van der Waals surface area (Å²) in [5.74, 6) is -0.462. The molecule has 0 atom stereocenters. The van der Waals surface area contributed by atoms with Crippen LogP contribution in [0.25, 0.3) is 0 Å². The fourth-order valence-corrected chi connectivity index (χ4v) is 3.51. The van der Waals surface area contributed by atoms with Crippen molar-refractivity contribution in [3.05, 3.63) is 40.9 Å². The molecule has 1 N–H and O–H groups in total. The predicted molar refractivity (Wildman–Crippen MR) is 109 cm³/mol. The number of aromatic nitrogens is 2. The summed E-state index contributed by atoms with van der Waals surface area (Å²) in [5.41, 5.74) is 0.560. The van der Waals surface area contributed by atoms with Crippen LogP contribution in [0.2, 0.25) is 0 Å². The minimum absolute atomic E-state index is 0.0277. The summed E-state index contributed by atoms with van der Waals surface area (Å²) in [4.78, 5) is 25.8. The van der Waals surface area contributed by atoms with Crippen LogP contribution in [-0.2, 0) is 11.2 Å². The molecule has 1 aromatic carbocycles. The number of anilines is 1. The van der Waals surface area contributed by atoms with Gasteiger partial charge in [-0.05, 0) is 18.6 Å². The highest BCUT2D eigenvalue weighted by Crippen LogP contribution is 2.18. The molecule has 0 bridgehead atoms. The fourth-order valence-electron chi connectivity index (χ4n) is 2.71. The second kappa shape index (κ2) is 11.4. The molecule has 0 saturated carbocycles. The number of likely N-dealkylation sites (N-methyl/N-ethyl adjacent to an activating group) is 1. The van der Waals surface area contributed by atoms with Gasteiger partial charge in [-0.15, -0.1) is 10.2 Å². The van der Waals surface area contributed by atoms with E-state index >= 15 is 0 Å². The molecule has 7 heteroatoms. The summed E-state index contributed by atoms with van der Waals surface area (Å²) in [6.45, 7) is 2.19. The number of rotatable bonds is 11. The van der Waals surface area contributed by atoms with Crippen LogP contribution >= 0.6 is 11.3 Å². The molecule has 2 rings (SSSR count). The molecule has 0 aliphatic rings. The number of unbranched alkanes of at least 4 members (excludes halogenated alkanes) is 5. The average Bonchev–Trinajstić information content (AvgIpc) is 3.11. The molecule has 0 unspecified atom stereocenters. The maximum absolute atomic E-state index is 12.3. The predicted octanol–water partition coefficient (Wildman–Crippen LogP) is 4.15. The third kappa shape index (κ3) is 7.46. The van der Waals surface area contributed by atoms with E-state index in [-0.39, 0.29) is 18.4 Å². The minimum Gasteiger partial charge on any atom is -0.332 e. The van der Waals surface area contributed by atoms with E-state index in [1.165, 1.54) is 48.3 Å². The Morgan fingerprint density at radius 2 is 1.74 bits per heavy atom. The number of hydrogen-bond acceptors (Lipinski definition) is 5. The van der Waals surface area contributed by atoms with Crippen molar-refractivity contribution >= 4 is 28.3 Å². The topological polar surface area (TPSA) is 75.2 Å². The Hall–Kier alpha value is -2.28. The van der Waals surface area contributed by atoms with Crippen molar-refractivity contribution in [3.63, 3.8) is 0 Å². The van der Waals surface area contributed by atoms with Crippen molar-refractivity contribution in [2.24, 2.45) is 0 Å². The van der Waals surface area contributed by atoms with Crippen molar-refractivity contribution in [1.29, 1.82) is 0 Å². The molecule has 146 valence electrons. The summed E-state index contributed by atoms with van der Waals surface area (Å²) in [6, 6.07) is 8.91. The van der Waals surface area contributed by atoms with Crippen LogP contribution in [-0.4, -0.2) is 40.5 Å². The van der Waals surface area contributed by atoms with E-state index in [0.717, 1.165) is 17.8 Å². The smallest absolute Gasteiger partial charge is 0.254 e. The monoisotopic (exact) mass is 388 g/mol. The Morgan fingerprint density at radius 1 is 1.04 bits per heavy atom. The third-order valence-electron chi connectivity index (χ3n) is 4.21. The van der Waals surface area contributed by atoms with Crippen LogP contribution in [0.1, 0.15) is 60.8 Å². The van der Waals surface area contributed by atoms with E-state index < -0.39 is 0 Å². The molecule has 1 aromatic heterocycles. The van der Waals surface area contributed by atoms with Crippen molar-refractivity contribution in [1.82, 2.24) is 15.1 Å². The SMILES string of the molecule is CCCCCCCCc1nnc(NC(=O)CN(C)C(=O)c2ccccc2)s1. The molecule has 2 amide bonds. The van der Waals surface area contributed by atoms with Gasteiger partial charge < -0.3 is 4.90 Å².